The summed E-state index contributed by atoms with van der Waals surface area (Å²) >= 11 is 0. The van der Waals surface area contributed by atoms with E-state index in [9.17, 15) is 15.0 Å². The molecule has 2 fully saturated rings. The molecular formula is C30H40N4O5. The van der Waals surface area contributed by atoms with E-state index in [2.05, 4.69) is 27.1 Å². The van der Waals surface area contributed by atoms with E-state index in [0.717, 1.165) is 61.8 Å². The number of rotatable bonds is 9. The van der Waals surface area contributed by atoms with Gasteiger partial charge in [-0.15, -0.1) is 0 Å². The number of ether oxygens (including phenoxy) is 2. The van der Waals surface area contributed by atoms with Crippen LogP contribution in [0.2, 0.25) is 0 Å². The fraction of sp³-hybridized carbons (Fsp3) is 0.533. The molecule has 0 bridgehead atoms. The lowest BCUT2D eigenvalue weighted by Crippen LogP contribution is -2.47. The third-order valence-electron chi connectivity index (χ3n) is 8.36. The molecule has 0 unspecified atom stereocenters. The minimum atomic E-state index is -0.687. The molecular weight excluding hydrogens is 496 g/mol. The van der Waals surface area contributed by atoms with Gasteiger partial charge in [-0.05, 0) is 68.7 Å². The Morgan fingerprint density at radius 3 is 2.77 bits per heavy atom. The molecule has 210 valence electrons. The molecule has 1 aliphatic heterocycles. The Labute approximate surface area is 229 Å². The fourth-order valence-corrected chi connectivity index (χ4v) is 5.76. The predicted molar refractivity (Wildman–Crippen MR) is 149 cm³/mol. The van der Waals surface area contributed by atoms with E-state index in [0.29, 0.717) is 36.8 Å². The first-order chi connectivity index (χ1) is 18.8. The number of hydrogen-bond donors (Lipinski definition) is 4. The summed E-state index contributed by atoms with van der Waals surface area (Å²) in [7, 11) is 1.58. The lowest BCUT2D eigenvalue weighted by molar-refractivity contribution is -0.0272. The lowest BCUT2D eigenvalue weighted by Gasteiger charge is -2.39. The van der Waals surface area contributed by atoms with Gasteiger partial charge < -0.3 is 34.9 Å². The minimum absolute atomic E-state index is 0.0348. The van der Waals surface area contributed by atoms with Gasteiger partial charge in [0.05, 0.1) is 18.8 Å². The molecule has 1 saturated carbocycles. The molecule has 4 N–H and O–H groups in total. The van der Waals surface area contributed by atoms with Crippen LogP contribution in [0.25, 0.3) is 10.9 Å². The van der Waals surface area contributed by atoms with Crippen molar-refractivity contribution in [1.29, 1.82) is 0 Å². The molecule has 1 aromatic carbocycles. The van der Waals surface area contributed by atoms with Crippen LogP contribution in [-0.4, -0.2) is 75.5 Å². The standard InChI is InChI=1S/C30H40N4O5/c1-20-18-34(14-10-26(20)35)15-13-30(37)11-8-22(9-12-30)32-29(36)25-16-23-24(33-25)4-3-5-27(23)39-19-21-6-7-28(38-2)31-17-21/h3-7,16-17,20,22,26,33,35,37H,8-15,18-19H2,1-2H3,(H,32,36)/t20-,22?,26-,30?/m0/s1. The first kappa shape index (κ1) is 27.4. The average molecular weight is 537 g/mol. The van der Waals surface area contributed by atoms with Crippen molar-refractivity contribution in [2.24, 2.45) is 5.92 Å². The van der Waals surface area contributed by atoms with Crippen LogP contribution in [0.15, 0.2) is 42.6 Å². The molecule has 9 nitrogen and oxygen atoms in total. The van der Waals surface area contributed by atoms with Crippen LogP contribution >= 0.6 is 0 Å². The highest BCUT2D eigenvalue weighted by Gasteiger charge is 2.35. The number of H-pyrrole nitrogens is 1. The molecule has 1 aliphatic carbocycles. The Bertz CT molecular complexity index is 1250. The van der Waals surface area contributed by atoms with Crippen LogP contribution in [-0.2, 0) is 6.61 Å². The highest BCUT2D eigenvalue weighted by atomic mass is 16.5. The summed E-state index contributed by atoms with van der Waals surface area (Å²) in [5.41, 5.74) is 1.56. The number of likely N-dealkylation sites (tertiary alicyclic amines) is 1. The minimum Gasteiger partial charge on any atom is -0.488 e. The van der Waals surface area contributed by atoms with Gasteiger partial charge >= 0.3 is 0 Å². The topological polar surface area (TPSA) is 120 Å². The number of fused-ring (bicyclic) bond motifs is 1. The van der Waals surface area contributed by atoms with Crippen molar-refractivity contribution in [3.63, 3.8) is 0 Å². The van der Waals surface area contributed by atoms with Crippen molar-refractivity contribution in [1.82, 2.24) is 20.2 Å². The van der Waals surface area contributed by atoms with Gasteiger partial charge in [-0.1, -0.05) is 13.0 Å². The second kappa shape index (κ2) is 11.9. The molecule has 2 aromatic heterocycles. The SMILES string of the molecule is COc1ccc(COc2cccc3[nH]c(C(=O)NC4CCC(O)(CCN5CC[C@H](O)[C@@H](C)C5)CC4)cc23)cn1. The maximum Gasteiger partial charge on any atom is 0.267 e. The van der Waals surface area contributed by atoms with Gasteiger partial charge in [0.1, 0.15) is 18.1 Å². The summed E-state index contributed by atoms with van der Waals surface area (Å²) in [5, 5.41) is 25.1. The summed E-state index contributed by atoms with van der Waals surface area (Å²) < 4.78 is 11.2. The molecule has 0 spiro atoms. The summed E-state index contributed by atoms with van der Waals surface area (Å²) in [5.74, 6) is 1.38. The summed E-state index contributed by atoms with van der Waals surface area (Å²) in [6.45, 7) is 5.05. The van der Waals surface area contributed by atoms with Crippen molar-refractivity contribution in [2.45, 2.75) is 69.8 Å². The van der Waals surface area contributed by atoms with E-state index in [1.807, 2.05) is 30.3 Å². The fourth-order valence-electron chi connectivity index (χ4n) is 5.76. The Kier molecular flexibility index (Phi) is 8.40. The third kappa shape index (κ3) is 6.72. The number of methoxy groups -OCH3 is 1. The molecule has 5 rings (SSSR count). The van der Waals surface area contributed by atoms with Gasteiger partial charge in [0.25, 0.3) is 5.91 Å². The molecule has 3 aromatic rings. The number of pyridine rings is 1. The first-order valence-electron chi connectivity index (χ1n) is 14.0. The molecule has 3 heterocycles. The predicted octanol–water partition coefficient (Wildman–Crippen LogP) is 3.65. The van der Waals surface area contributed by atoms with Crippen molar-refractivity contribution < 1.29 is 24.5 Å². The van der Waals surface area contributed by atoms with Crippen molar-refractivity contribution in [3.8, 4) is 11.6 Å². The van der Waals surface area contributed by atoms with Crippen LogP contribution in [0.5, 0.6) is 11.6 Å². The molecule has 9 heteroatoms. The van der Waals surface area contributed by atoms with Crippen LogP contribution in [0.4, 0.5) is 0 Å². The van der Waals surface area contributed by atoms with E-state index < -0.39 is 5.60 Å². The zero-order valence-electron chi connectivity index (χ0n) is 22.9. The number of aliphatic hydroxyl groups excluding tert-OH is 1. The number of aliphatic hydroxyl groups is 2. The Hall–Kier alpha value is -3.14. The number of piperidine rings is 1. The van der Waals surface area contributed by atoms with Gasteiger partial charge in [-0.2, -0.15) is 0 Å². The van der Waals surface area contributed by atoms with Gasteiger partial charge in [0, 0.05) is 54.4 Å². The maximum absolute atomic E-state index is 13.1. The number of aromatic amines is 1. The molecule has 2 atom stereocenters. The number of carbonyl (C=O) groups excluding carboxylic acids is 1. The molecule has 2 aliphatic rings. The summed E-state index contributed by atoms with van der Waals surface area (Å²) in [4.78, 5) is 22.9. The van der Waals surface area contributed by atoms with Crippen molar-refractivity contribution in [3.05, 3.63) is 53.9 Å². The number of aromatic nitrogens is 2. The van der Waals surface area contributed by atoms with Gasteiger partial charge in [-0.3, -0.25) is 4.79 Å². The summed E-state index contributed by atoms with van der Waals surface area (Å²) in [6.07, 6.45) is 5.90. The quantitative estimate of drug-likeness (QED) is 0.330. The Balaban J connectivity index is 1.13. The van der Waals surface area contributed by atoms with Crippen LogP contribution < -0.4 is 14.8 Å². The average Bonchev–Trinajstić information content (AvgIpc) is 3.40. The molecule has 0 radical (unpaired) electrons. The van der Waals surface area contributed by atoms with Gasteiger partial charge in [0.2, 0.25) is 5.88 Å². The van der Waals surface area contributed by atoms with Crippen LogP contribution in [0.1, 0.15) is 61.5 Å². The number of amides is 1. The van der Waals surface area contributed by atoms with Gasteiger partial charge in [0.15, 0.2) is 0 Å². The van der Waals surface area contributed by atoms with Crippen LogP contribution in [0.3, 0.4) is 0 Å². The highest BCUT2D eigenvalue weighted by molar-refractivity contribution is 5.99. The van der Waals surface area contributed by atoms with E-state index >= 15 is 0 Å². The van der Waals surface area contributed by atoms with E-state index in [1.165, 1.54) is 0 Å². The number of hydrogen-bond acceptors (Lipinski definition) is 7. The monoisotopic (exact) mass is 536 g/mol. The number of benzene rings is 1. The first-order valence-corrected chi connectivity index (χ1v) is 14.0. The number of carbonyl (C=O) groups is 1. The van der Waals surface area contributed by atoms with E-state index in [1.54, 1.807) is 19.4 Å². The van der Waals surface area contributed by atoms with E-state index in [4.69, 9.17) is 9.47 Å². The third-order valence-corrected chi connectivity index (χ3v) is 8.36. The zero-order valence-corrected chi connectivity index (χ0v) is 22.9. The Morgan fingerprint density at radius 2 is 2.05 bits per heavy atom. The van der Waals surface area contributed by atoms with E-state index in [-0.39, 0.29) is 24.0 Å². The number of nitrogens with one attached hydrogen (secondary N) is 2. The zero-order chi connectivity index (χ0) is 27.4. The normalized spacial score (nSPS) is 25.9. The van der Waals surface area contributed by atoms with Gasteiger partial charge in [-0.25, -0.2) is 4.98 Å². The molecule has 1 amide bonds. The molecule has 1 saturated heterocycles. The number of nitrogens with zero attached hydrogens (tertiary/aromatic N) is 2. The van der Waals surface area contributed by atoms with Crippen molar-refractivity contribution >= 4 is 16.8 Å². The highest BCUT2D eigenvalue weighted by Crippen LogP contribution is 2.33. The maximum atomic E-state index is 13.1. The molecule has 39 heavy (non-hydrogen) atoms. The smallest absolute Gasteiger partial charge is 0.267 e. The Morgan fingerprint density at radius 1 is 1.23 bits per heavy atom. The second-order valence-electron chi connectivity index (χ2n) is 11.3. The second-order valence-corrected chi connectivity index (χ2v) is 11.3. The lowest BCUT2D eigenvalue weighted by atomic mass is 9.80. The van der Waals surface area contributed by atoms with Crippen molar-refractivity contribution in [2.75, 3.05) is 26.7 Å². The van der Waals surface area contributed by atoms with Crippen LogP contribution in [0, 0.1) is 5.92 Å². The summed E-state index contributed by atoms with van der Waals surface area (Å²) in [6, 6.07) is 11.3. The largest absolute Gasteiger partial charge is 0.488 e.